The van der Waals surface area contributed by atoms with E-state index in [9.17, 15) is 15.3 Å². The molecule has 56 heavy (non-hydrogen) atoms. The topological polar surface area (TPSA) is 138 Å². The highest BCUT2D eigenvalue weighted by Crippen LogP contribution is 2.19. The molecule has 0 fully saturated rings. The molecule has 9 nitrogen and oxygen atoms in total. The highest BCUT2D eigenvalue weighted by Gasteiger charge is 2.28. The molecule has 0 aliphatic rings. The number of aliphatic hydroxyl groups is 3. The van der Waals surface area contributed by atoms with Gasteiger partial charge in [0.05, 0.1) is 59.3 Å². The fraction of sp³-hybridized carbons (Fsp3) is 1.00. The lowest BCUT2D eigenvalue weighted by molar-refractivity contribution is -0.661. The van der Waals surface area contributed by atoms with Crippen LogP contribution in [-0.2, 0) is 14.2 Å². The Morgan fingerprint density at radius 3 is 0.821 bits per heavy atom. The van der Waals surface area contributed by atoms with Crippen LogP contribution in [0.3, 0.4) is 0 Å². The molecule has 0 aliphatic heterocycles. The lowest BCUT2D eigenvalue weighted by atomic mass is 9.94. The fourth-order valence-corrected chi connectivity index (χ4v) is 6.85. The van der Waals surface area contributed by atoms with Crippen molar-refractivity contribution in [2.24, 2.45) is 5.41 Å². The van der Waals surface area contributed by atoms with Crippen molar-refractivity contribution in [3.05, 3.63) is 0 Å². The van der Waals surface area contributed by atoms with Crippen LogP contribution in [0.1, 0.15) is 182 Å². The Morgan fingerprint density at radius 1 is 0.375 bits per heavy atom. The molecule has 9 N–H and O–H groups in total. The van der Waals surface area contributed by atoms with Crippen molar-refractivity contribution in [3.63, 3.8) is 0 Å². The number of aliphatic hydroxyl groups excluding tert-OH is 3. The summed E-state index contributed by atoms with van der Waals surface area (Å²) in [5.74, 6) is 0. The van der Waals surface area contributed by atoms with Gasteiger partial charge in [0.15, 0.2) is 0 Å². The number of halogens is 3. The number of hydrogen-bond donors (Lipinski definition) is 6. The summed E-state index contributed by atoms with van der Waals surface area (Å²) < 4.78 is 18.1. The first kappa shape index (κ1) is 63.2. The number of hydrogen-bond acceptors (Lipinski definition) is 6. The minimum absolute atomic E-state index is 0. The van der Waals surface area contributed by atoms with Crippen molar-refractivity contribution in [2.45, 2.75) is 200 Å². The van der Waals surface area contributed by atoms with E-state index in [1.54, 1.807) is 0 Å². The zero-order chi connectivity index (χ0) is 38.9. The number of rotatable bonds is 45. The normalized spacial score (nSPS) is 14.0. The maximum absolute atomic E-state index is 10.6. The third kappa shape index (κ3) is 47.2. The van der Waals surface area contributed by atoms with Gasteiger partial charge in [-0.3, -0.25) is 0 Å². The van der Waals surface area contributed by atoms with Crippen molar-refractivity contribution < 1.29 is 82.7 Å². The molecule has 0 saturated heterocycles. The molecule has 0 heterocycles. The van der Waals surface area contributed by atoms with E-state index in [1.165, 1.54) is 154 Å². The molecule has 344 valence electrons. The highest BCUT2D eigenvalue weighted by atomic mass is 35.5. The van der Waals surface area contributed by atoms with Gasteiger partial charge in [0, 0.05) is 5.41 Å². The fourth-order valence-electron chi connectivity index (χ4n) is 6.85. The number of ether oxygens (including phenoxy) is 3. The van der Waals surface area contributed by atoms with Gasteiger partial charge < -0.3 is 82.7 Å². The van der Waals surface area contributed by atoms with Gasteiger partial charge in [-0.15, -0.1) is 0 Å². The first-order valence-electron chi connectivity index (χ1n) is 23.1. The second-order valence-corrected chi connectivity index (χ2v) is 16.7. The molecule has 0 rings (SSSR count). The maximum Gasteiger partial charge on any atom is 0.126 e. The summed E-state index contributed by atoms with van der Waals surface area (Å²) in [6, 6.07) is 0. The van der Waals surface area contributed by atoms with Crippen LogP contribution in [0.2, 0.25) is 0 Å². The van der Waals surface area contributed by atoms with Crippen LogP contribution in [0.25, 0.3) is 0 Å². The molecule has 0 aromatic heterocycles. The van der Waals surface area contributed by atoms with Gasteiger partial charge >= 0.3 is 0 Å². The zero-order valence-electron chi connectivity index (χ0n) is 37.1. The van der Waals surface area contributed by atoms with Crippen molar-refractivity contribution in [3.8, 4) is 0 Å². The predicted octanol–water partition coefficient (Wildman–Crippen LogP) is -3.75. The van der Waals surface area contributed by atoms with E-state index >= 15 is 0 Å². The summed E-state index contributed by atoms with van der Waals surface area (Å²) >= 11 is 0. The zero-order valence-corrected chi connectivity index (χ0v) is 39.4. The molecule has 12 heteroatoms. The van der Waals surface area contributed by atoms with Crippen molar-refractivity contribution >= 4 is 0 Å². The lowest BCUT2D eigenvalue weighted by Gasteiger charge is -2.30. The average Bonchev–Trinajstić information content (AvgIpc) is 3.14. The Bertz CT molecular complexity index is 635. The van der Waals surface area contributed by atoms with Crippen LogP contribution in [0, 0.1) is 5.41 Å². The largest absolute Gasteiger partial charge is 1.00 e. The van der Waals surface area contributed by atoms with Crippen LogP contribution >= 0.6 is 0 Å². The van der Waals surface area contributed by atoms with E-state index in [4.69, 9.17) is 14.2 Å². The van der Waals surface area contributed by atoms with E-state index in [0.717, 1.165) is 19.6 Å². The van der Waals surface area contributed by atoms with Gasteiger partial charge in [-0.25, -0.2) is 0 Å². The summed E-state index contributed by atoms with van der Waals surface area (Å²) in [6.45, 7) is 15.9. The van der Waals surface area contributed by atoms with Gasteiger partial charge in [-0.05, 0) is 38.5 Å². The molecule has 0 bridgehead atoms. The van der Waals surface area contributed by atoms with Gasteiger partial charge in [-0.2, -0.15) is 0 Å². The predicted molar refractivity (Wildman–Crippen MR) is 221 cm³/mol. The SMILES string of the molecule is CCCCCCCCCC[NH2+]CC(O)COCC(C)(COCC(O)C[NH2+]CCCCCCCCCC)COCC(O)C[NH2+]CCCCCCCCCC.[Cl-].[Cl-].[Cl-]. The Hall–Kier alpha value is 0.510. The molecule has 0 aromatic rings. The Kier molecular flexibility index (Phi) is 56.2. The quantitative estimate of drug-likeness (QED) is 0.0349. The van der Waals surface area contributed by atoms with Crippen LogP contribution in [0.15, 0.2) is 0 Å². The molecule has 0 aromatic carbocycles. The number of quaternary nitrogens is 3. The minimum Gasteiger partial charge on any atom is -1.00 e. The van der Waals surface area contributed by atoms with E-state index < -0.39 is 23.7 Å². The Balaban J connectivity index is -0.00000451. The van der Waals surface area contributed by atoms with Gasteiger partial charge in [0.25, 0.3) is 0 Å². The molecule has 0 saturated carbocycles. The van der Waals surface area contributed by atoms with Crippen LogP contribution in [0.5, 0.6) is 0 Å². The highest BCUT2D eigenvalue weighted by molar-refractivity contribution is 4.74. The van der Waals surface area contributed by atoms with E-state index in [1.807, 2.05) is 0 Å². The summed E-state index contributed by atoms with van der Waals surface area (Å²) in [5, 5.41) is 38.3. The molecule has 0 amide bonds. The molecule has 0 radical (unpaired) electrons. The summed E-state index contributed by atoms with van der Waals surface area (Å²) in [4.78, 5) is 0. The molecular formula is C44H96Cl3N3O6. The summed E-state index contributed by atoms with van der Waals surface area (Å²) in [6.07, 6.45) is 30.0. The summed E-state index contributed by atoms with van der Waals surface area (Å²) in [7, 11) is 0. The van der Waals surface area contributed by atoms with E-state index in [2.05, 4.69) is 43.6 Å². The average molecular weight is 870 g/mol. The third-order valence-electron chi connectivity index (χ3n) is 10.4. The monoisotopic (exact) mass is 868 g/mol. The van der Waals surface area contributed by atoms with Crippen molar-refractivity contribution in [2.75, 3.05) is 78.9 Å². The number of nitrogens with two attached hydrogens (primary N) is 3. The van der Waals surface area contributed by atoms with Crippen LogP contribution in [-0.4, -0.2) is 113 Å². The first-order valence-corrected chi connectivity index (χ1v) is 23.1. The van der Waals surface area contributed by atoms with Crippen molar-refractivity contribution in [1.82, 2.24) is 0 Å². The summed E-state index contributed by atoms with van der Waals surface area (Å²) in [5.41, 5.74) is -0.457. The molecule has 0 aliphatic carbocycles. The molecule has 3 atom stereocenters. The van der Waals surface area contributed by atoms with E-state index in [-0.39, 0.29) is 57.0 Å². The van der Waals surface area contributed by atoms with Gasteiger partial charge in [0.1, 0.15) is 37.9 Å². The Morgan fingerprint density at radius 2 is 0.589 bits per heavy atom. The minimum atomic E-state index is -0.521. The van der Waals surface area contributed by atoms with Crippen LogP contribution in [0.4, 0.5) is 0 Å². The Labute approximate surface area is 365 Å². The smallest absolute Gasteiger partial charge is 0.126 e. The maximum atomic E-state index is 10.6. The van der Waals surface area contributed by atoms with E-state index in [0.29, 0.717) is 39.5 Å². The second kappa shape index (κ2) is 49.9. The first-order chi connectivity index (χ1) is 25.9. The molecule has 0 spiro atoms. The van der Waals surface area contributed by atoms with Gasteiger partial charge in [0.2, 0.25) is 0 Å². The van der Waals surface area contributed by atoms with Crippen molar-refractivity contribution in [1.29, 1.82) is 0 Å². The van der Waals surface area contributed by atoms with Crippen LogP contribution < -0.4 is 53.2 Å². The third-order valence-corrected chi connectivity index (χ3v) is 10.4. The lowest BCUT2D eigenvalue weighted by Crippen LogP contribution is -3.00. The standard InChI is InChI=1S/C44H93N3O6.3ClH/c1-5-8-11-14-17-20-23-26-29-45-32-41(48)35-51-38-44(4,39-52-36-42(49)33-46-30-27-24-21-18-15-12-9-6-2)40-53-37-43(50)34-47-31-28-25-22-19-16-13-10-7-3;;;/h41-43,45-50H,5-40H2,1-4H3;3*1H. The second-order valence-electron chi connectivity index (χ2n) is 16.7. The number of unbranched alkanes of at least 4 members (excludes halogenated alkanes) is 21. The molecule has 3 unspecified atom stereocenters. The molecular weight excluding hydrogens is 773 g/mol. The van der Waals surface area contributed by atoms with Gasteiger partial charge in [-0.1, -0.05) is 143 Å².